The molecule has 1 heterocycles. The number of amides is 1. The van der Waals surface area contributed by atoms with Crippen molar-refractivity contribution in [3.05, 3.63) is 82.6 Å². The number of nitrogens with zero attached hydrogens (tertiary/aromatic N) is 1. The largest absolute Gasteiger partial charge is 0.298 e. The lowest BCUT2D eigenvalue weighted by Crippen LogP contribution is -2.11. The normalized spacial score (nSPS) is 10.4. The van der Waals surface area contributed by atoms with Crippen molar-refractivity contribution in [2.45, 2.75) is 6.42 Å². The predicted octanol–water partition coefficient (Wildman–Crippen LogP) is 4.13. The van der Waals surface area contributed by atoms with E-state index in [1.54, 1.807) is 6.20 Å². The monoisotopic (exact) mass is 312 g/mol. The van der Waals surface area contributed by atoms with Crippen LogP contribution in [0.5, 0.6) is 0 Å². The second-order valence-corrected chi connectivity index (χ2v) is 5.87. The van der Waals surface area contributed by atoms with Crippen molar-refractivity contribution in [1.82, 2.24) is 4.98 Å². The Morgan fingerprint density at radius 2 is 1.82 bits per heavy atom. The fraction of sp³-hybridized carbons (Fsp3) is 0.0588. The first-order valence-corrected chi connectivity index (χ1v) is 7.58. The molecule has 3 nitrogen and oxygen atoms in total. The average molecular weight is 312 g/mol. The van der Waals surface area contributed by atoms with E-state index in [1.807, 2.05) is 18.2 Å². The average Bonchev–Trinajstić information content (AvgIpc) is 2.96. The van der Waals surface area contributed by atoms with Crippen molar-refractivity contribution in [2.24, 2.45) is 0 Å². The Hall–Kier alpha value is -2.53. The van der Waals surface area contributed by atoms with Crippen LogP contribution in [-0.2, 0) is 6.42 Å². The smallest absolute Gasteiger partial charge is 0.257 e. The number of hydrogen-bond donors (Lipinski definition) is 1. The molecule has 0 saturated carbocycles. The third kappa shape index (κ3) is 3.56. The van der Waals surface area contributed by atoms with E-state index in [2.05, 4.69) is 22.4 Å². The topological polar surface area (TPSA) is 42.0 Å². The third-order valence-corrected chi connectivity index (χ3v) is 4.01. The summed E-state index contributed by atoms with van der Waals surface area (Å²) >= 11 is 1.44. The van der Waals surface area contributed by atoms with E-state index in [1.165, 1.54) is 41.2 Å². The van der Waals surface area contributed by atoms with Crippen molar-refractivity contribution < 1.29 is 9.18 Å². The van der Waals surface area contributed by atoms with E-state index in [0.29, 0.717) is 10.7 Å². The highest BCUT2D eigenvalue weighted by atomic mass is 32.1. The number of thiazole rings is 1. The fourth-order valence-electron chi connectivity index (χ4n) is 2.01. The van der Waals surface area contributed by atoms with E-state index in [4.69, 9.17) is 0 Å². The van der Waals surface area contributed by atoms with Gasteiger partial charge in [0.05, 0.1) is 0 Å². The molecule has 5 heteroatoms. The van der Waals surface area contributed by atoms with Gasteiger partial charge in [0.2, 0.25) is 0 Å². The second-order valence-electron chi connectivity index (χ2n) is 4.76. The Morgan fingerprint density at radius 1 is 1.09 bits per heavy atom. The van der Waals surface area contributed by atoms with Crippen molar-refractivity contribution in [1.29, 1.82) is 0 Å². The molecule has 0 bridgehead atoms. The maximum atomic E-state index is 12.8. The third-order valence-electron chi connectivity index (χ3n) is 3.10. The Kier molecular flexibility index (Phi) is 4.25. The number of carbonyl (C=O) groups excluding carboxylic acids is 1. The Balaban J connectivity index is 1.66. The minimum Gasteiger partial charge on any atom is -0.298 e. The standard InChI is InChI=1S/C17H13FN2OS/c18-14-8-6-13(7-9-14)16(21)20-17-19-11-15(22-17)10-12-4-2-1-3-5-12/h1-9,11H,10H2,(H,19,20,21). The lowest BCUT2D eigenvalue weighted by atomic mass is 10.1. The summed E-state index contributed by atoms with van der Waals surface area (Å²) in [6.45, 7) is 0. The molecule has 0 aliphatic rings. The SMILES string of the molecule is O=C(Nc1ncc(Cc2ccccc2)s1)c1ccc(F)cc1. The lowest BCUT2D eigenvalue weighted by Gasteiger charge is -2.01. The minimum absolute atomic E-state index is 0.291. The summed E-state index contributed by atoms with van der Waals surface area (Å²) in [5, 5.41) is 3.27. The molecular formula is C17H13FN2OS. The Morgan fingerprint density at radius 3 is 2.55 bits per heavy atom. The van der Waals surface area contributed by atoms with Crippen LogP contribution in [0.25, 0.3) is 0 Å². The van der Waals surface area contributed by atoms with E-state index in [-0.39, 0.29) is 11.7 Å². The molecule has 0 aliphatic carbocycles. The summed E-state index contributed by atoms with van der Waals surface area (Å²) < 4.78 is 12.8. The van der Waals surface area contributed by atoms with Gasteiger partial charge in [0, 0.05) is 23.1 Å². The molecule has 0 unspecified atom stereocenters. The molecule has 0 saturated heterocycles. The van der Waals surface area contributed by atoms with Crippen LogP contribution in [0, 0.1) is 5.82 Å². The zero-order valence-electron chi connectivity index (χ0n) is 11.6. The van der Waals surface area contributed by atoms with Gasteiger partial charge in [-0.1, -0.05) is 30.3 Å². The van der Waals surface area contributed by atoms with E-state index < -0.39 is 0 Å². The van der Waals surface area contributed by atoms with Crippen LogP contribution >= 0.6 is 11.3 Å². The van der Waals surface area contributed by atoms with Crippen molar-refractivity contribution in [2.75, 3.05) is 5.32 Å². The van der Waals surface area contributed by atoms with Crippen LogP contribution in [0.15, 0.2) is 60.8 Å². The molecule has 0 aliphatic heterocycles. The fourth-order valence-corrected chi connectivity index (χ4v) is 2.86. The van der Waals surface area contributed by atoms with E-state index >= 15 is 0 Å². The molecule has 1 N–H and O–H groups in total. The number of nitrogens with one attached hydrogen (secondary N) is 1. The van der Waals surface area contributed by atoms with Crippen LogP contribution in [0.1, 0.15) is 20.8 Å². The molecule has 110 valence electrons. The predicted molar refractivity (Wildman–Crippen MR) is 85.7 cm³/mol. The molecule has 0 atom stereocenters. The van der Waals surface area contributed by atoms with Gasteiger partial charge in [-0.3, -0.25) is 10.1 Å². The molecule has 3 aromatic rings. The van der Waals surface area contributed by atoms with Gasteiger partial charge in [0.25, 0.3) is 5.91 Å². The van der Waals surface area contributed by atoms with Crippen molar-refractivity contribution in [3.63, 3.8) is 0 Å². The molecule has 0 fully saturated rings. The number of aromatic nitrogens is 1. The molecule has 3 rings (SSSR count). The molecule has 1 amide bonds. The molecule has 22 heavy (non-hydrogen) atoms. The minimum atomic E-state index is -0.365. The zero-order valence-corrected chi connectivity index (χ0v) is 12.4. The van der Waals surface area contributed by atoms with Gasteiger partial charge in [0.1, 0.15) is 5.82 Å². The Bertz CT molecular complexity index is 769. The van der Waals surface area contributed by atoms with Crippen molar-refractivity contribution >= 4 is 22.4 Å². The number of hydrogen-bond acceptors (Lipinski definition) is 3. The molecule has 1 aromatic heterocycles. The van der Waals surface area contributed by atoms with Crippen LogP contribution < -0.4 is 5.32 Å². The zero-order chi connectivity index (χ0) is 15.4. The second kappa shape index (κ2) is 6.49. The summed E-state index contributed by atoms with van der Waals surface area (Å²) in [6, 6.07) is 15.5. The van der Waals surface area contributed by atoms with Crippen LogP contribution in [-0.4, -0.2) is 10.9 Å². The molecule has 0 radical (unpaired) electrons. The first-order chi connectivity index (χ1) is 10.7. The van der Waals surface area contributed by atoms with Gasteiger partial charge >= 0.3 is 0 Å². The van der Waals surface area contributed by atoms with Gasteiger partial charge in [-0.25, -0.2) is 9.37 Å². The van der Waals surface area contributed by atoms with E-state index in [0.717, 1.165) is 11.3 Å². The quantitative estimate of drug-likeness (QED) is 0.787. The summed E-state index contributed by atoms with van der Waals surface area (Å²) in [5.41, 5.74) is 1.60. The summed E-state index contributed by atoms with van der Waals surface area (Å²) in [6.07, 6.45) is 2.54. The summed E-state index contributed by atoms with van der Waals surface area (Å²) in [7, 11) is 0. The number of benzene rings is 2. The first-order valence-electron chi connectivity index (χ1n) is 6.76. The van der Waals surface area contributed by atoms with Crippen LogP contribution in [0.3, 0.4) is 0 Å². The van der Waals surface area contributed by atoms with Gasteiger partial charge in [-0.2, -0.15) is 0 Å². The van der Waals surface area contributed by atoms with Gasteiger partial charge < -0.3 is 0 Å². The van der Waals surface area contributed by atoms with Crippen LogP contribution in [0.4, 0.5) is 9.52 Å². The van der Waals surface area contributed by atoms with Gasteiger partial charge in [0.15, 0.2) is 5.13 Å². The highest BCUT2D eigenvalue weighted by Crippen LogP contribution is 2.21. The summed E-state index contributed by atoms with van der Waals surface area (Å²) in [4.78, 5) is 17.3. The van der Waals surface area contributed by atoms with E-state index in [9.17, 15) is 9.18 Å². The number of anilines is 1. The van der Waals surface area contributed by atoms with Crippen LogP contribution in [0.2, 0.25) is 0 Å². The lowest BCUT2D eigenvalue weighted by molar-refractivity contribution is 0.102. The number of carbonyl (C=O) groups is 1. The molecular weight excluding hydrogens is 299 g/mol. The highest BCUT2D eigenvalue weighted by molar-refractivity contribution is 7.15. The number of halogens is 1. The molecule has 2 aromatic carbocycles. The maximum absolute atomic E-state index is 12.8. The van der Waals surface area contributed by atoms with Gasteiger partial charge in [-0.15, -0.1) is 11.3 Å². The molecule has 0 spiro atoms. The number of rotatable bonds is 4. The first kappa shape index (κ1) is 14.4. The maximum Gasteiger partial charge on any atom is 0.257 e. The van der Waals surface area contributed by atoms with Gasteiger partial charge in [-0.05, 0) is 29.8 Å². The summed E-state index contributed by atoms with van der Waals surface area (Å²) in [5.74, 6) is -0.656. The Labute approximate surface area is 131 Å². The van der Waals surface area contributed by atoms with Crippen molar-refractivity contribution in [3.8, 4) is 0 Å². The highest BCUT2D eigenvalue weighted by Gasteiger charge is 2.09.